The summed E-state index contributed by atoms with van der Waals surface area (Å²) in [6.07, 6.45) is 9.01. The third kappa shape index (κ3) is 5.05. The summed E-state index contributed by atoms with van der Waals surface area (Å²) in [5.41, 5.74) is 0. The summed E-state index contributed by atoms with van der Waals surface area (Å²) in [6.45, 7) is 4.30. The zero-order valence-electron chi connectivity index (χ0n) is 15.9. The largest absolute Gasteiger partial charge is 0.394 e. The molecule has 26 heavy (non-hydrogen) atoms. The predicted molar refractivity (Wildman–Crippen MR) is 104 cm³/mol. The van der Waals surface area contributed by atoms with Crippen LogP contribution in [0.15, 0.2) is 12.3 Å². The van der Waals surface area contributed by atoms with Gasteiger partial charge in [-0.3, -0.25) is 4.90 Å². The van der Waals surface area contributed by atoms with Crippen LogP contribution in [-0.2, 0) is 0 Å². The molecule has 0 unspecified atom stereocenters. The van der Waals surface area contributed by atoms with Crippen molar-refractivity contribution in [2.45, 2.75) is 50.7 Å². The first-order valence-electron chi connectivity index (χ1n) is 9.99. The standard InChI is InChI=1S/C19H33N5O2/c1-22(14-17(26)15-25)18-8-9-20-19(21-18)24-11-5-10-23(12-13-24)16-6-3-2-4-7-16/h8-9,16-17,25-26H,2-7,10-15H2,1H3/t17-/m1/s1. The lowest BCUT2D eigenvalue weighted by atomic mass is 9.94. The molecule has 0 spiro atoms. The van der Waals surface area contributed by atoms with Crippen LogP contribution in [0.2, 0.25) is 0 Å². The third-order valence-corrected chi connectivity index (χ3v) is 5.62. The highest BCUT2D eigenvalue weighted by Gasteiger charge is 2.24. The molecule has 146 valence electrons. The van der Waals surface area contributed by atoms with Crippen molar-refractivity contribution in [1.82, 2.24) is 14.9 Å². The highest BCUT2D eigenvalue weighted by atomic mass is 16.3. The van der Waals surface area contributed by atoms with Gasteiger partial charge in [0.25, 0.3) is 0 Å². The summed E-state index contributed by atoms with van der Waals surface area (Å²) < 4.78 is 0. The number of hydrogen-bond acceptors (Lipinski definition) is 7. The second-order valence-corrected chi connectivity index (χ2v) is 7.60. The molecular weight excluding hydrogens is 330 g/mol. The maximum atomic E-state index is 9.65. The first-order chi connectivity index (χ1) is 12.7. The maximum Gasteiger partial charge on any atom is 0.227 e. The Bertz CT molecular complexity index is 552. The lowest BCUT2D eigenvalue weighted by Crippen LogP contribution is -2.39. The van der Waals surface area contributed by atoms with E-state index in [1.807, 2.05) is 18.0 Å². The van der Waals surface area contributed by atoms with E-state index in [-0.39, 0.29) is 6.61 Å². The highest BCUT2D eigenvalue weighted by Crippen LogP contribution is 2.24. The number of hydrogen-bond donors (Lipinski definition) is 2. The van der Waals surface area contributed by atoms with Gasteiger partial charge in [-0.05, 0) is 25.3 Å². The third-order valence-electron chi connectivity index (χ3n) is 5.62. The Morgan fingerprint density at radius 3 is 2.73 bits per heavy atom. The van der Waals surface area contributed by atoms with Gasteiger partial charge in [-0.25, -0.2) is 4.98 Å². The van der Waals surface area contributed by atoms with Gasteiger partial charge in [-0.15, -0.1) is 0 Å². The molecule has 1 saturated heterocycles. The molecule has 1 aromatic rings. The van der Waals surface area contributed by atoms with Crippen molar-refractivity contribution in [2.75, 3.05) is 56.2 Å². The normalized spacial score (nSPS) is 21.4. The van der Waals surface area contributed by atoms with E-state index in [1.54, 1.807) is 6.20 Å². The number of aromatic nitrogens is 2. The molecule has 7 nitrogen and oxygen atoms in total. The van der Waals surface area contributed by atoms with Crippen LogP contribution in [0.1, 0.15) is 38.5 Å². The average Bonchev–Trinajstić information content (AvgIpc) is 2.95. The van der Waals surface area contributed by atoms with E-state index < -0.39 is 6.10 Å². The Morgan fingerprint density at radius 1 is 1.15 bits per heavy atom. The minimum Gasteiger partial charge on any atom is -0.394 e. The molecule has 1 atom stereocenters. The average molecular weight is 364 g/mol. The summed E-state index contributed by atoms with van der Waals surface area (Å²) in [4.78, 5) is 16.0. The number of anilines is 2. The van der Waals surface area contributed by atoms with Crippen molar-refractivity contribution in [3.63, 3.8) is 0 Å². The fourth-order valence-corrected chi connectivity index (χ4v) is 4.12. The first kappa shape index (κ1) is 19.3. The number of aliphatic hydroxyl groups excluding tert-OH is 2. The molecule has 2 fully saturated rings. The SMILES string of the molecule is CN(C[C@@H](O)CO)c1ccnc(N2CCCN(C3CCCCC3)CC2)n1. The Kier molecular flexibility index (Phi) is 7.05. The van der Waals surface area contributed by atoms with Gasteiger partial charge in [0.15, 0.2) is 0 Å². The van der Waals surface area contributed by atoms with Crippen molar-refractivity contribution < 1.29 is 10.2 Å². The number of likely N-dealkylation sites (N-methyl/N-ethyl adjacent to an activating group) is 1. The van der Waals surface area contributed by atoms with Gasteiger partial charge in [-0.1, -0.05) is 19.3 Å². The van der Waals surface area contributed by atoms with Crippen LogP contribution in [-0.4, -0.2) is 83.6 Å². The molecule has 2 heterocycles. The van der Waals surface area contributed by atoms with Gasteiger partial charge < -0.3 is 20.0 Å². The lowest BCUT2D eigenvalue weighted by Gasteiger charge is -2.33. The summed E-state index contributed by atoms with van der Waals surface area (Å²) in [5, 5.41) is 18.7. The van der Waals surface area contributed by atoms with Gasteiger partial charge in [0, 0.05) is 52.0 Å². The van der Waals surface area contributed by atoms with Gasteiger partial charge in [-0.2, -0.15) is 4.98 Å². The molecular formula is C19H33N5O2. The van der Waals surface area contributed by atoms with Gasteiger partial charge in [0.1, 0.15) is 5.82 Å². The number of rotatable bonds is 6. The highest BCUT2D eigenvalue weighted by molar-refractivity contribution is 5.43. The zero-order valence-corrected chi connectivity index (χ0v) is 15.9. The molecule has 0 aromatic carbocycles. The Balaban J connectivity index is 1.61. The van der Waals surface area contributed by atoms with Crippen molar-refractivity contribution in [3.8, 4) is 0 Å². The van der Waals surface area contributed by atoms with Gasteiger partial charge in [0.2, 0.25) is 5.95 Å². The summed E-state index contributed by atoms with van der Waals surface area (Å²) in [6, 6.07) is 2.61. The van der Waals surface area contributed by atoms with E-state index in [0.29, 0.717) is 6.54 Å². The Hall–Kier alpha value is -1.44. The zero-order chi connectivity index (χ0) is 18.4. The summed E-state index contributed by atoms with van der Waals surface area (Å²) >= 11 is 0. The molecule has 1 aliphatic heterocycles. The van der Waals surface area contributed by atoms with Gasteiger partial charge in [0.05, 0.1) is 12.7 Å². The van der Waals surface area contributed by atoms with Crippen LogP contribution in [0.5, 0.6) is 0 Å². The van der Waals surface area contributed by atoms with E-state index in [1.165, 1.54) is 38.6 Å². The summed E-state index contributed by atoms with van der Waals surface area (Å²) in [7, 11) is 1.87. The molecule has 7 heteroatoms. The number of nitrogens with zero attached hydrogens (tertiary/aromatic N) is 5. The Morgan fingerprint density at radius 2 is 1.96 bits per heavy atom. The van der Waals surface area contributed by atoms with E-state index in [4.69, 9.17) is 10.1 Å². The van der Waals surface area contributed by atoms with Crippen LogP contribution in [0.3, 0.4) is 0 Å². The quantitative estimate of drug-likeness (QED) is 0.784. The maximum absolute atomic E-state index is 9.65. The molecule has 0 bridgehead atoms. The van der Waals surface area contributed by atoms with Crippen LogP contribution in [0, 0.1) is 0 Å². The minimum absolute atomic E-state index is 0.245. The van der Waals surface area contributed by atoms with E-state index in [2.05, 4.69) is 14.8 Å². The second-order valence-electron chi connectivity index (χ2n) is 7.60. The molecule has 0 radical (unpaired) electrons. The molecule has 1 aliphatic carbocycles. The fourth-order valence-electron chi connectivity index (χ4n) is 4.12. The van der Waals surface area contributed by atoms with Crippen LogP contribution in [0.25, 0.3) is 0 Å². The fraction of sp³-hybridized carbons (Fsp3) is 0.789. The van der Waals surface area contributed by atoms with Crippen LogP contribution in [0.4, 0.5) is 11.8 Å². The predicted octanol–water partition coefficient (Wildman–Crippen LogP) is 1.11. The first-order valence-corrected chi connectivity index (χ1v) is 9.99. The van der Waals surface area contributed by atoms with Crippen molar-refractivity contribution >= 4 is 11.8 Å². The van der Waals surface area contributed by atoms with Crippen molar-refractivity contribution in [3.05, 3.63) is 12.3 Å². The molecule has 0 amide bonds. The van der Waals surface area contributed by atoms with E-state index in [0.717, 1.165) is 43.9 Å². The smallest absolute Gasteiger partial charge is 0.227 e. The van der Waals surface area contributed by atoms with Gasteiger partial charge >= 0.3 is 0 Å². The second kappa shape index (κ2) is 9.48. The minimum atomic E-state index is -0.763. The monoisotopic (exact) mass is 363 g/mol. The van der Waals surface area contributed by atoms with Crippen LogP contribution < -0.4 is 9.80 Å². The van der Waals surface area contributed by atoms with Crippen LogP contribution >= 0.6 is 0 Å². The Labute approximate surface area is 156 Å². The van der Waals surface area contributed by atoms with Crippen molar-refractivity contribution in [1.29, 1.82) is 0 Å². The molecule has 2 N–H and O–H groups in total. The molecule has 3 rings (SSSR count). The molecule has 1 aromatic heterocycles. The molecule has 1 saturated carbocycles. The number of aliphatic hydroxyl groups is 2. The van der Waals surface area contributed by atoms with Crippen molar-refractivity contribution in [2.24, 2.45) is 0 Å². The van der Waals surface area contributed by atoms with E-state index in [9.17, 15) is 5.11 Å². The summed E-state index contributed by atoms with van der Waals surface area (Å²) in [5.74, 6) is 1.54. The lowest BCUT2D eigenvalue weighted by molar-refractivity contribution is 0.101. The van der Waals surface area contributed by atoms with E-state index >= 15 is 0 Å². The topological polar surface area (TPSA) is 76.0 Å². The molecule has 2 aliphatic rings.